The van der Waals surface area contributed by atoms with Crippen LogP contribution in [0.25, 0.3) is 0 Å². The molecule has 2 rings (SSSR count). The summed E-state index contributed by atoms with van der Waals surface area (Å²) < 4.78 is 5.04. The van der Waals surface area contributed by atoms with E-state index < -0.39 is 11.1 Å². The lowest BCUT2D eigenvalue weighted by atomic mass is 10.2. The highest BCUT2D eigenvalue weighted by Crippen LogP contribution is 2.17. The maximum Gasteiger partial charge on any atom is 0.342 e. The van der Waals surface area contributed by atoms with Gasteiger partial charge in [-0.2, -0.15) is 0 Å². The van der Waals surface area contributed by atoms with Gasteiger partial charge < -0.3 is 14.7 Å². The van der Waals surface area contributed by atoms with Gasteiger partial charge in [-0.05, 0) is 24.3 Å². The van der Waals surface area contributed by atoms with Gasteiger partial charge in [-0.3, -0.25) is 4.98 Å². The molecule has 0 bridgehead atoms. The molecule has 0 saturated carbocycles. The molecule has 0 spiro atoms. The summed E-state index contributed by atoms with van der Waals surface area (Å²) in [6.45, 7) is -0.409. The number of aromatic hydroxyl groups is 1. The highest BCUT2D eigenvalue weighted by Gasteiger charge is 2.12. The lowest BCUT2D eigenvalue weighted by molar-refractivity contribution is -0.763. The summed E-state index contributed by atoms with van der Waals surface area (Å²) >= 11 is 0. The molecule has 0 aliphatic carbocycles. The van der Waals surface area contributed by atoms with Crippen molar-refractivity contribution in [3.8, 4) is 5.75 Å². The number of phenols is 1. The first-order valence-corrected chi connectivity index (χ1v) is 6.23. The van der Waals surface area contributed by atoms with Crippen molar-refractivity contribution in [2.45, 2.75) is 13.2 Å². The number of pyridine rings is 1. The second-order valence-corrected chi connectivity index (χ2v) is 4.21. The van der Waals surface area contributed by atoms with E-state index in [2.05, 4.69) is 9.82 Å². The van der Waals surface area contributed by atoms with E-state index in [-0.39, 0.29) is 36.9 Å². The van der Waals surface area contributed by atoms with E-state index in [0.717, 1.165) is 0 Å². The molecule has 0 radical (unpaired) electrons. The quantitative estimate of drug-likeness (QED) is 0.487. The first kappa shape index (κ1) is 18.2. The van der Waals surface area contributed by atoms with Crippen molar-refractivity contribution in [3.05, 3.63) is 69.5 Å². The lowest BCUT2D eigenvalue weighted by Gasteiger charge is -2.07. The first-order chi connectivity index (χ1) is 10.6. The van der Waals surface area contributed by atoms with Crippen LogP contribution >= 0.6 is 12.4 Å². The summed E-state index contributed by atoms with van der Waals surface area (Å²) in [7, 11) is 0. The third-order valence-corrected chi connectivity index (χ3v) is 2.66. The molecule has 0 amide bonds. The van der Waals surface area contributed by atoms with Gasteiger partial charge in [0.1, 0.15) is 24.5 Å². The molecule has 0 aliphatic heterocycles. The molecule has 0 fully saturated rings. The predicted octanol–water partition coefficient (Wildman–Crippen LogP) is 2.27. The number of hydrogen-bond acceptors (Lipinski definition) is 7. The molecule has 122 valence electrons. The fraction of sp³-hybridized carbons (Fsp3) is 0.143. The van der Waals surface area contributed by atoms with E-state index in [9.17, 15) is 20.0 Å². The number of aromatic nitrogens is 1. The summed E-state index contributed by atoms with van der Waals surface area (Å²) in [4.78, 5) is 30.2. The second kappa shape index (κ2) is 8.54. The van der Waals surface area contributed by atoms with Gasteiger partial charge in [0.05, 0.1) is 11.4 Å². The van der Waals surface area contributed by atoms with E-state index in [0.29, 0.717) is 11.4 Å². The van der Waals surface area contributed by atoms with E-state index in [1.54, 1.807) is 30.3 Å². The van der Waals surface area contributed by atoms with Crippen LogP contribution in [0.1, 0.15) is 21.7 Å². The third-order valence-electron chi connectivity index (χ3n) is 2.66. The third kappa shape index (κ3) is 5.44. The molecular formula is C14H13ClN2O6. The zero-order chi connectivity index (χ0) is 15.9. The average molecular weight is 341 g/mol. The standard InChI is InChI=1S/C14H12N2O6.ClH/c17-13-7-2-1-6-12(13)14(18)21-8-10-4-3-5-11(15-10)9-22-16(19)20;/h1-7,17H,8-9H2;1H. The van der Waals surface area contributed by atoms with Crippen LogP contribution in [-0.4, -0.2) is 21.1 Å². The van der Waals surface area contributed by atoms with Gasteiger partial charge in [-0.1, -0.05) is 18.2 Å². The number of halogens is 1. The number of ether oxygens (including phenoxy) is 1. The van der Waals surface area contributed by atoms with Crippen molar-refractivity contribution < 1.29 is 24.6 Å². The molecule has 0 unspecified atom stereocenters. The molecule has 2 aromatic rings. The average Bonchev–Trinajstić information content (AvgIpc) is 2.51. The van der Waals surface area contributed by atoms with Gasteiger partial charge in [0.15, 0.2) is 0 Å². The monoisotopic (exact) mass is 340 g/mol. The number of phenolic OH excluding ortho intramolecular Hbond substituents is 1. The molecule has 0 saturated heterocycles. The molecular weight excluding hydrogens is 328 g/mol. The van der Waals surface area contributed by atoms with Crippen molar-refractivity contribution in [3.63, 3.8) is 0 Å². The number of para-hydroxylation sites is 1. The van der Waals surface area contributed by atoms with Crippen LogP contribution in [0, 0.1) is 10.1 Å². The molecule has 23 heavy (non-hydrogen) atoms. The van der Waals surface area contributed by atoms with Crippen molar-refractivity contribution in [1.82, 2.24) is 4.98 Å². The lowest BCUT2D eigenvalue weighted by Crippen LogP contribution is -2.08. The highest BCUT2D eigenvalue weighted by atomic mass is 35.5. The van der Waals surface area contributed by atoms with E-state index in [4.69, 9.17) is 4.74 Å². The number of rotatable bonds is 6. The fourth-order valence-electron chi connectivity index (χ4n) is 1.67. The van der Waals surface area contributed by atoms with Gasteiger partial charge in [0.2, 0.25) is 0 Å². The topological polar surface area (TPSA) is 112 Å². The van der Waals surface area contributed by atoms with Gasteiger partial charge >= 0.3 is 5.97 Å². The fourth-order valence-corrected chi connectivity index (χ4v) is 1.67. The smallest absolute Gasteiger partial charge is 0.342 e. The first-order valence-electron chi connectivity index (χ1n) is 6.23. The molecule has 8 nitrogen and oxygen atoms in total. The Morgan fingerprint density at radius 3 is 2.43 bits per heavy atom. The van der Waals surface area contributed by atoms with Crippen LogP contribution < -0.4 is 0 Å². The van der Waals surface area contributed by atoms with Crippen LogP contribution in [0.2, 0.25) is 0 Å². The molecule has 1 aromatic carbocycles. The number of carbonyl (C=O) groups is 1. The highest BCUT2D eigenvalue weighted by molar-refractivity contribution is 5.92. The molecule has 1 aromatic heterocycles. The van der Waals surface area contributed by atoms with Crippen LogP contribution in [0.15, 0.2) is 42.5 Å². The Bertz CT molecular complexity index is 694. The Morgan fingerprint density at radius 1 is 1.13 bits per heavy atom. The van der Waals surface area contributed by atoms with Crippen LogP contribution in [0.3, 0.4) is 0 Å². The number of carbonyl (C=O) groups excluding carboxylic acids is 1. The van der Waals surface area contributed by atoms with Crippen LogP contribution in [-0.2, 0) is 22.8 Å². The number of hydrogen-bond donors (Lipinski definition) is 1. The largest absolute Gasteiger partial charge is 0.507 e. The van der Waals surface area contributed by atoms with Crippen molar-refractivity contribution >= 4 is 18.4 Å². The molecule has 0 atom stereocenters. The molecule has 1 heterocycles. The Kier molecular flexibility index (Phi) is 6.75. The van der Waals surface area contributed by atoms with E-state index >= 15 is 0 Å². The zero-order valence-electron chi connectivity index (χ0n) is 11.7. The Morgan fingerprint density at radius 2 is 1.78 bits per heavy atom. The van der Waals surface area contributed by atoms with Crippen molar-refractivity contribution in [2.75, 3.05) is 0 Å². The Balaban J connectivity index is 0.00000264. The second-order valence-electron chi connectivity index (χ2n) is 4.21. The van der Waals surface area contributed by atoms with Gasteiger partial charge in [-0.25, -0.2) is 4.79 Å². The zero-order valence-corrected chi connectivity index (χ0v) is 12.6. The predicted molar refractivity (Wildman–Crippen MR) is 80.5 cm³/mol. The summed E-state index contributed by atoms with van der Waals surface area (Å²) in [5.74, 6) is -0.861. The summed E-state index contributed by atoms with van der Waals surface area (Å²) in [5.41, 5.74) is 0.802. The summed E-state index contributed by atoms with van der Waals surface area (Å²) in [6, 6.07) is 10.8. The minimum absolute atomic E-state index is 0. The van der Waals surface area contributed by atoms with Crippen molar-refractivity contribution in [1.29, 1.82) is 0 Å². The van der Waals surface area contributed by atoms with Gasteiger partial charge in [0.25, 0.3) is 5.09 Å². The normalized spacial score (nSPS) is 9.57. The summed E-state index contributed by atoms with van der Waals surface area (Å²) in [5, 5.41) is 18.8. The molecule has 1 N–H and O–H groups in total. The number of benzene rings is 1. The van der Waals surface area contributed by atoms with E-state index in [1.165, 1.54) is 12.1 Å². The molecule has 0 aliphatic rings. The van der Waals surface area contributed by atoms with Gasteiger partial charge in [-0.15, -0.1) is 22.5 Å². The number of esters is 1. The van der Waals surface area contributed by atoms with Crippen LogP contribution in [0.4, 0.5) is 0 Å². The van der Waals surface area contributed by atoms with Crippen LogP contribution in [0.5, 0.6) is 5.75 Å². The van der Waals surface area contributed by atoms with Gasteiger partial charge in [0, 0.05) is 0 Å². The minimum atomic E-state index is -0.910. The summed E-state index contributed by atoms with van der Waals surface area (Å²) in [6.07, 6.45) is 0. The minimum Gasteiger partial charge on any atom is -0.507 e. The van der Waals surface area contributed by atoms with E-state index in [1.807, 2.05) is 0 Å². The maximum absolute atomic E-state index is 11.8. The Labute approximate surface area is 137 Å². The molecule has 9 heteroatoms. The SMILES string of the molecule is Cl.O=C(OCc1cccc(CO[N+](=O)[O-])n1)c1ccccc1O. The Hall–Kier alpha value is -2.87. The maximum atomic E-state index is 11.8. The van der Waals surface area contributed by atoms with Crippen molar-refractivity contribution in [2.24, 2.45) is 0 Å². The number of nitrogens with zero attached hydrogens (tertiary/aromatic N) is 2.